The summed E-state index contributed by atoms with van der Waals surface area (Å²) in [4.78, 5) is -0.0753. The topological polar surface area (TPSA) is 71.3 Å². The minimum atomic E-state index is -3.94. The van der Waals surface area contributed by atoms with E-state index in [1.54, 1.807) is 20.0 Å². The number of hydrogen-bond donors (Lipinski definition) is 2. The maximum absolute atomic E-state index is 13.7. The maximum Gasteiger partial charge on any atom is 0.266 e. The summed E-state index contributed by atoms with van der Waals surface area (Å²) in [6.45, 7) is 2.13. The lowest BCUT2D eigenvalue weighted by molar-refractivity contribution is 0.470. The van der Waals surface area contributed by atoms with Crippen LogP contribution in [0.3, 0.4) is 0 Å². The van der Waals surface area contributed by atoms with E-state index in [1.807, 2.05) is 0 Å². The number of rotatable bonds is 5. The Morgan fingerprint density at radius 2 is 2.05 bits per heavy atom. The minimum absolute atomic E-state index is 0.0753. The second-order valence-corrected chi connectivity index (χ2v) is 6.84. The molecule has 0 saturated carbocycles. The SMILES string of the molecule is CNCc1cc(S(=O)(=O)Nc2cc(C)ccc2F)c(Br)o1. The molecular weight excluding hydrogens is 363 g/mol. The van der Waals surface area contributed by atoms with Gasteiger partial charge in [-0.25, -0.2) is 12.8 Å². The number of furan rings is 1. The van der Waals surface area contributed by atoms with Crippen molar-refractivity contribution in [2.75, 3.05) is 11.8 Å². The van der Waals surface area contributed by atoms with Gasteiger partial charge in [0.1, 0.15) is 16.5 Å². The van der Waals surface area contributed by atoms with Crippen LogP contribution in [0, 0.1) is 12.7 Å². The van der Waals surface area contributed by atoms with Gasteiger partial charge in [0.05, 0.1) is 12.2 Å². The average Bonchev–Trinajstić information content (AvgIpc) is 2.76. The highest BCUT2D eigenvalue weighted by Gasteiger charge is 2.23. The predicted molar refractivity (Wildman–Crippen MR) is 81.1 cm³/mol. The Bertz CT molecular complexity index is 759. The summed E-state index contributed by atoms with van der Waals surface area (Å²) in [6, 6.07) is 5.59. The van der Waals surface area contributed by atoms with Crippen molar-refractivity contribution in [1.82, 2.24) is 5.32 Å². The van der Waals surface area contributed by atoms with Crippen LogP contribution in [-0.2, 0) is 16.6 Å². The van der Waals surface area contributed by atoms with E-state index in [0.29, 0.717) is 12.3 Å². The Balaban J connectivity index is 2.36. The standard InChI is InChI=1S/C13H14BrFN2O3S/c1-8-3-4-10(15)11(5-8)17-21(18,19)12-6-9(7-16-2)20-13(12)14/h3-6,16-17H,7H2,1-2H3. The third-order valence-electron chi connectivity index (χ3n) is 2.71. The predicted octanol–water partition coefficient (Wildman–Crippen LogP) is 3.01. The number of anilines is 1. The molecule has 0 atom stereocenters. The van der Waals surface area contributed by atoms with Gasteiger partial charge >= 0.3 is 0 Å². The molecule has 114 valence electrons. The molecule has 8 heteroatoms. The van der Waals surface area contributed by atoms with Gasteiger partial charge in [0, 0.05) is 6.07 Å². The molecule has 2 N–H and O–H groups in total. The minimum Gasteiger partial charge on any atom is -0.451 e. The zero-order valence-corrected chi connectivity index (χ0v) is 13.8. The van der Waals surface area contributed by atoms with E-state index >= 15 is 0 Å². The zero-order valence-electron chi connectivity index (χ0n) is 11.4. The van der Waals surface area contributed by atoms with Crippen LogP contribution in [-0.4, -0.2) is 15.5 Å². The van der Waals surface area contributed by atoms with Crippen molar-refractivity contribution in [3.05, 3.63) is 46.1 Å². The van der Waals surface area contributed by atoms with E-state index in [1.165, 1.54) is 18.2 Å². The number of nitrogens with one attached hydrogen (secondary N) is 2. The third kappa shape index (κ3) is 3.63. The van der Waals surface area contributed by atoms with Gasteiger partial charge in [-0.15, -0.1) is 0 Å². The highest BCUT2D eigenvalue weighted by Crippen LogP contribution is 2.28. The molecule has 0 aliphatic carbocycles. The second-order valence-electron chi connectivity index (χ2n) is 4.47. The molecule has 1 aromatic carbocycles. The van der Waals surface area contributed by atoms with Gasteiger partial charge in [-0.05, 0) is 47.6 Å². The number of benzene rings is 1. The van der Waals surface area contributed by atoms with Crippen LogP contribution in [0.2, 0.25) is 0 Å². The van der Waals surface area contributed by atoms with Crippen LogP contribution >= 0.6 is 15.9 Å². The maximum atomic E-state index is 13.7. The van der Waals surface area contributed by atoms with Crippen LogP contribution in [0.1, 0.15) is 11.3 Å². The Hall–Kier alpha value is -1.38. The van der Waals surface area contributed by atoms with Crippen molar-refractivity contribution in [3.8, 4) is 0 Å². The Morgan fingerprint density at radius 1 is 1.33 bits per heavy atom. The van der Waals surface area contributed by atoms with Crippen LogP contribution < -0.4 is 10.0 Å². The van der Waals surface area contributed by atoms with Crippen LogP contribution in [0.25, 0.3) is 0 Å². The molecule has 0 saturated heterocycles. The summed E-state index contributed by atoms with van der Waals surface area (Å²) in [5.41, 5.74) is 0.648. The first-order chi connectivity index (χ1) is 9.83. The van der Waals surface area contributed by atoms with Crippen LogP contribution in [0.15, 0.2) is 38.2 Å². The summed E-state index contributed by atoms with van der Waals surface area (Å²) in [5, 5.41) is 2.85. The third-order valence-corrected chi connectivity index (χ3v) is 4.94. The lowest BCUT2D eigenvalue weighted by Gasteiger charge is -2.08. The molecule has 0 unspecified atom stereocenters. The highest BCUT2D eigenvalue weighted by molar-refractivity contribution is 9.10. The molecule has 0 aliphatic rings. The first-order valence-corrected chi connectivity index (χ1v) is 8.33. The molecule has 0 bridgehead atoms. The summed E-state index contributed by atoms with van der Waals surface area (Å²) in [7, 11) is -2.23. The fourth-order valence-corrected chi connectivity index (χ4v) is 3.82. The lowest BCUT2D eigenvalue weighted by atomic mass is 10.2. The lowest BCUT2D eigenvalue weighted by Crippen LogP contribution is -2.14. The normalized spacial score (nSPS) is 11.6. The molecule has 0 radical (unpaired) electrons. The Kier molecular flexibility index (Phi) is 4.70. The second kappa shape index (κ2) is 6.17. The van der Waals surface area contributed by atoms with Gasteiger partial charge in [0.2, 0.25) is 0 Å². The van der Waals surface area contributed by atoms with Gasteiger partial charge in [0.15, 0.2) is 4.67 Å². The largest absolute Gasteiger partial charge is 0.451 e. The number of sulfonamides is 1. The van der Waals surface area contributed by atoms with Crippen LogP contribution in [0.4, 0.5) is 10.1 Å². The summed E-state index contributed by atoms with van der Waals surface area (Å²) >= 11 is 3.06. The van der Waals surface area contributed by atoms with E-state index in [9.17, 15) is 12.8 Å². The number of hydrogen-bond acceptors (Lipinski definition) is 4. The summed E-state index contributed by atoms with van der Waals surface area (Å²) in [5.74, 6) is -0.186. The molecule has 0 spiro atoms. The monoisotopic (exact) mass is 376 g/mol. The van der Waals surface area contributed by atoms with Gasteiger partial charge in [0.25, 0.3) is 10.0 Å². The molecule has 1 aromatic heterocycles. The van der Waals surface area contributed by atoms with Gasteiger partial charge in [-0.2, -0.15) is 0 Å². The first kappa shape index (κ1) is 16.0. The zero-order chi connectivity index (χ0) is 15.6. The van der Waals surface area contributed by atoms with Gasteiger partial charge in [-0.1, -0.05) is 6.07 Å². The van der Waals surface area contributed by atoms with E-state index in [4.69, 9.17) is 4.42 Å². The number of halogens is 2. The molecule has 21 heavy (non-hydrogen) atoms. The van der Waals surface area contributed by atoms with E-state index in [2.05, 4.69) is 26.0 Å². The fraction of sp³-hybridized carbons (Fsp3) is 0.231. The van der Waals surface area contributed by atoms with Crippen molar-refractivity contribution in [1.29, 1.82) is 0 Å². The molecule has 0 fully saturated rings. The van der Waals surface area contributed by atoms with E-state index in [0.717, 1.165) is 5.56 Å². The van der Waals surface area contributed by atoms with Crippen molar-refractivity contribution in [3.63, 3.8) is 0 Å². The molecular formula is C13H14BrFN2O3S. The quantitative estimate of drug-likeness (QED) is 0.841. The molecule has 1 heterocycles. The molecule has 2 aromatic rings. The van der Waals surface area contributed by atoms with Crippen molar-refractivity contribution in [2.24, 2.45) is 0 Å². The average molecular weight is 377 g/mol. The van der Waals surface area contributed by atoms with Gasteiger partial charge < -0.3 is 9.73 Å². The Morgan fingerprint density at radius 3 is 2.71 bits per heavy atom. The van der Waals surface area contributed by atoms with Crippen molar-refractivity contribution >= 4 is 31.6 Å². The molecule has 5 nitrogen and oxygen atoms in total. The van der Waals surface area contributed by atoms with Gasteiger partial charge in [-0.3, -0.25) is 4.72 Å². The highest BCUT2D eigenvalue weighted by atomic mass is 79.9. The van der Waals surface area contributed by atoms with E-state index in [-0.39, 0.29) is 15.3 Å². The van der Waals surface area contributed by atoms with Crippen molar-refractivity contribution in [2.45, 2.75) is 18.4 Å². The first-order valence-electron chi connectivity index (χ1n) is 6.05. The molecule has 0 aliphatic heterocycles. The smallest absolute Gasteiger partial charge is 0.266 e. The fourth-order valence-electron chi connectivity index (χ4n) is 1.76. The summed E-state index contributed by atoms with van der Waals surface area (Å²) < 4.78 is 45.9. The Labute approximate surface area is 130 Å². The van der Waals surface area contributed by atoms with Crippen LogP contribution in [0.5, 0.6) is 0 Å². The molecule has 2 rings (SSSR count). The number of aryl methyl sites for hydroxylation is 1. The molecule has 0 amide bonds. The van der Waals surface area contributed by atoms with Crippen molar-refractivity contribution < 1.29 is 17.2 Å². The van der Waals surface area contributed by atoms with E-state index < -0.39 is 15.8 Å². The summed E-state index contributed by atoms with van der Waals surface area (Å²) in [6.07, 6.45) is 0.